The van der Waals surface area contributed by atoms with Crippen LogP contribution in [0.1, 0.15) is 32.4 Å². The molecule has 98 valence electrons. The highest BCUT2D eigenvalue weighted by Crippen LogP contribution is 2.21. The Morgan fingerprint density at radius 1 is 1.06 bits per heavy atom. The molecule has 0 fully saturated rings. The number of benzene rings is 1. The molecular weight excluding hydrogens is 260 g/mol. The Kier molecular flexibility index (Phi) is 4.71. The molecule has 1 aromatic rings. The van der Waals surface area contributed by atoms with Gasteiger partial charge in [-0.05, 0) is 23.8 Å². The first kappa shape index (κ1) is 14.5. The van der Waals surface area contributed by atoms with Gasteiger partial charge in [-0.2, -0.15) is 12.6 Å². The summed E-state index contributed by atoms with van der Waals surface area (Å²) < 4.78 is 0. The minimum absolute atomic E-state index is 0.0221. The summed E-state index contributed by atoms with van der Waals surface area (Å²) in [7, 11) is 0. The summed E-state index contributed by atoms with van der Waals surface area (Å²) in [6, 6.07) is 3.21. The van der Waals surface area contributed by atoms with E-state index in [0.717, 1.165) is 18.2 Å². The summed E-state index contributed by atoms with van der Waals surface area (Å²) in [5, 5.41) is 36.8. The quantitative estimate of drug-likeness (QED) is 0.496. The van der Waals surface area contributed by atoms with Crippen LogP contribution < -0.4 is 0 Å². The van der Waals surface area contributed by atoms with E-state index < -0.39 is 24.1 Å². The van der Waals surface area contributed by atoms with Crippen molar-refractivity contribution in [3.8, 4) is 0 Å². The van der Waals surface area contributed by atoms with Gasteiger partial charge in [-0.3, -0.25) is 0 Å². The molecule has 4 N–H and O–H groups in total. The second-order valence-corrected chi connectivity index (χ2v) is 4.01. The number of carbonyl (C=O) groups is 2. The smallest absolute Gasteiger partial charge is 0.335 e. The Labute approximate surface area is 108 Å². The number of carboxylic acids is 2. The van der Waals surface area contributed by atoms with E-state index in [1.807, 2.05) is 0 Å². The van der Waals surface area contributed by atoms with Crippen molar-refractivity contribution in [2.75, 3.05) is 5.75 Å². The average Bonchev–Trinajstić information content (AvgIpc) is 2.36. The van der Waals surface area contributed by atoms with Crippen molar-refractivity contribution >= 4 is 24.6 Å². The zero-order valence-corrected chi connectivity index (χ0v) is 10.0. The van der Waals surface area contributed by atoms with Crippen molar-refractivity contribution in [2.24, 2.45) is 0 Å². The van der Waals surface area contributed by atoms with Gasteiger partial charge in [-0.1, -0.05) is 0 Å². The fourth-order valence-electron chi connectivity index (χ4n) is 1.39. The van der Waals surface area contributed by atoms with Crippen molar-refractivity contribution < 1.29 is 30.0 Å². The Balaban J connectivity index is 3.26. The molecule has 0 saturated heterocycles. The Bertz CT molecular complexity index is 440. The van der Waals surface area contributed by atoms with E-state index in [4.69, 9.17) is 10.2 Å². The first-order valence-electron chi connectivity index (χ1n) is 4.95. The van der Waals surface area contributed by atoms with E-state index in [1.54, 1.807) is 0 Å². The van der Waals surface area contributed by atoms with Crippen molar-refractivity contribution in [1.82, 2.24) is 0 Å². The number of hydrogen-bond donors (Lipinski definition) is 5. The first-order chi connectivity index (χ1) is 8.36. The summed E-state index contributed by atoms with van der Waals surface area (Å²) in [6.45, 7) is 0. The predicted molar refractivity (Wildman–Crippen MR) is 65.2 cm³/mol. The number of carboxylic acid groups (broad SMARTS) is 2. The van der Waals surface area contributed by atoms with Gasteiger partial charge in [0, 0.05) is 5.75 Å². The molecule has 6 nitrogen and oxygen atoms in total. The van der Waals surface area contributed by atoms with Gasteiger partial charge in [0.25, 0.3) is 0 Å². The Morgan fingerprint density at radius 3 is 1.83 bits per heavy atom. The van der Waals surface area contributed by atoms with Crippen LogP contribution in [-0.2, 0) is 0 Å². The second-order valence-electron chi connectivity index (χ2n) is 3.65. The van der Waals surface area contributed by atoms with Gasteiger partial charge in [0.05, 0.1) is 17.2 Å². The van der Waals surface area contributed by atoms with Crippen molar-refractivity contribution in [2.45, 2.75) is 12.2 Å². The fraction of sp³-hybridized carbons (Fsp3) is 0.273. The summed E-state index contributed by atoms with van der Waals surface area (Å²) in [5.41, 5.74) is -0.514. The third-order valence-electron chi connectivity index (χ3n) is 2.34. The lowest BCUT2D eigenvalue weighted by Gasteiger charge is -2.17. The number of thiol groups is 1. The summed E-state index contributed by atoms with van der Waals surface area (Å²) in [5.74, 6) is -2.67. The van der Waals surface area contributed by atoms with E-state index in [1.165, 1.54) is 0 Å². The van der Waals surface area contributed by atoms with Gasteiger partial charge in [-0.25, -0.2) is 9.59 Å². The lowest BCUT2D eigenvalue weighted by molar-refractivity contribution is 0.0335. The molecule has 2 atom stereocenters. The minimum Gasteiger partial charge on any atom is -0.478 e. The van der Waals surface area contributed by atoms with Gasteiger partial charge in [0.2, 0.25) is 0 Å². The Morgan fingerprint density at radius 2 is 1.50 bits per heavy atom. The predicted octanol–water partition coefficient (Wildman–Crippen LogP) is 0.407. The van der Waals surface area contributed by atoms with Crippen LogP contribution in [0.15, 0.2) is 18.2 Å². The van der Waals surface area contributed by atoms with Crippen LogP contribution in [0, 0.1) is 0 Å². The molecule has 0 amide bonds. The molecule has 0 aliphatic carbocycles. The molecular formula is C11H12O6S. The van der Waals surface area contributed by atoms with Gasteiger partial charge in [0.15, 0.2) is 0 Å². The lowest BCUT2D eigenvalue weighted by atomic mass is 9.99. The summed E-state index contributed by atoms with van der Waals surface area (Å²) in [4.78, 5) is 21.7. The van der Waals surface area contributed by atoms with Crippen LogP contribution in [0.5, 0.6) is 0 Å². The fourth-order valence-corrected chi connectivity index (χ4v) is 1.59. The molecule has 0 spiro atoms. The summed E-state index contributed by atoms with van der Waals surface area (Å²) in [6.07, 6.45) is -2.60. The number of aromatic carboxylic acids is 2. The molecule has 1 aromatic carbocycles. The maximum atomic E-state index is 10.8. The van der Waals surface area contributed by atoms with Crippen LogP contribution in [0.4, 0.5) is 0 Å². The second kappa shape index (κ2) is 5.85. The topological polar surface area (TPSA) is 115 Å². The highest BCUT2D eigenvalue weighted by Gasteiger charge is 2.20. The SMILES string of the molecule is O=C(O)c1cc(C(=O)O)cc(C(O)C(O)CS)c1. The van der Waals surface area contributed by atoms with Gasteiger partial charge >= 0.3 is 11.9 Å². The average molecular weight is 272 g/mol. The number of rotatable bonds is 5. The molecule has 0 bridgehead atoms. The van der Waals surface area contributed by atoms with E-state index in [0.29, 0.717) is 0 Å². The molecule has 0 saturated carbocycles. The highest BCUT2D eigenvalue weighted by atomic mass is 32.1. The van der Waals surface area contributed by atoms with E-state index in [9.17, 15) is 19.8 Å². The van der Waals surface area contributed by atoms with Crippen molar-refractivity contribution in [1.29, 1.82) is 0 Å². The van der Waals surface area contributed by atoms with Crippen LogP contribution in [-0.4, -0.2) is 44.2 Å². The molecule has 0 aliphatic heterocycles. The third kappa shape index (κ3) is 3.22. The number of hydrogen-bond acceptors (Lipinski definition) is 5. The molecule has 0 heterocycles. The maximum Gasteiger partial charge on any atom is 0.335 e. The number of aliphatic hydroxyl groups excluding tert-OH is 2. The normalized spacial score (nSPS) is 13.9. The first-order valence-corrected chi connectivity index (χ1v) is 5.58. The van der Waals surface area contributed by atoms with Gasteiger partial charge in [0.1, 0.15) is 6.10 Å². The standard InChI is InChI=1S/C11H12O6S/c12-8(4-18)9(13)5-1-6(10(14)15)3-7(2-5)11(16)17/h1-3,8-9,12-13,18H,4H2,(H,14,15)(H,16,17). The molecule has 7 heteroatoms. The minimum atomic E-state index is -1.39. The van der Waals surface area contributed by atoms with Crippen LogP contribution in [0.3, 0.4) is 0 Å². The zero-order chi connectivity index (χ0) is 13.9. The van der Waals surface area contributed by atoms with E-state index >= 15 is 0 Å². The van der Waals surface area contributed by atoms with E-state index in [-0.39, 0.29) is 22.4 Å². The van der Waals surface area contributed by atoms with Crippen LogP contribution >= 0.6 is 12.6 Å². The Hall–Kier alpha value is -1.57. The molecule has 2 unspecified atom stereocenters. The molecule has 0 aromatic heterocycles. The largest absolute Gasteiger partial charge is 0.478 e. The van der Waals surface area contributed by atoms with Crippen molar-refractivity contribution in [3.05, 3.63) is 34.9 Å². The molecule has 1 rings (SSSR count). The van der Waals surface area contributed by atoms with Gasteiger partial charge < -0.3 is 20.4 Å². The number of aliphatic hydroxyl groups is 2. The van der Waals surface area contributed by atoms with Crippen LogP contribution in [0.2, 0.25) is 0 Å². The third-order valence-corrected chi connectivity index (χ3v) is 2.72. The zero-order valence-electron chi connectivity index (χ0n) is 9.15. The molecule has 0 aliphatic rings. The monoisotopic (exact) mass is 272 g/mol. The molecule has 0 radical (unpaired) electrons. The van der Waals surface area contributed by atoms with Crippen LogP contribution in [0.25, 0.3) is 0 Å². The van der Waals surface area contributed by atoms with E-state index in [2.05, 4.69) is 12.6 Å². The van der Waals surface area contributed by atoms with Gasteiger partial charge in [-0.15, -0.1) is 0 Å². The highest BCUT2D eigenvalue weighted by molar-refractivity contribution is 7.80. The maximum absolute atomic E-state index is 10.8. The summed E-state index contributed by atoms with van der Waals surface area (Å²) >= 11 is 3.80. The molecule has 18 heavy (non-hydrogen) atoms. The van der Waals surface area contributed by atoms with Crippen molar-refractivity contribution in [3.63, 3.8) is 0 Å². The lowest BCUT2D eigenvalue weighted by Crippen LogP contribution is -2.20.